The second kappa shape index (κ2) is 6.50. The van der Waals surface area contributed by atoms with Crippen molar-refractivity contribution in [2.75, 3.05) is 6.61 Å². The smallest absolute Gasteiger partial charge is 0.133 e. The molecule has 0 amide bonds. The molecule has 1 saturated carbocycles. The van der Waals surface area contributed by atoms with Gasteiger partial charge in [-0.2, -0.15) is 0 Å². The summed E-state index contributed by atoms with van der Waals surface area (Å²) < 4.78 is 5.74. The Morgan fingerprint density at radius 2 is 2.17 bits per heavy atom. The molecule has 2 rings (SSSR count). The summed E-state index contributed by atoms with van der Waals surface area (Å²) in [6.07, 6.45) is 4.36. The molecule has 1 fully saturated rings. The van der Waals surface area contributed by atoms with Crippen molar-refractivity contribution < 1.29 is 9.53 Å². The number of hydrogen-bond donors (Lipinski definition) is 0. The number of benzene rings is 1. The number of rotatable bonds is 6. The summed E-state index contributed by atoms with van der Waals surface area (Å²) in [6.45, 7) is 5.16. The van der Waals surface area contributed by atoms with E-state index in [1.807, 2.05) is 24.3 Å². The minimum atomic E-state index is 0.306. The zero-order valence-corrected chi connectivity index (χ0v) is 10.7. The van der Waals surface area contributed by atoms with Gasteiger partial charge in [0.2, 0.25) is 0 Å². The fourth-order valence-electron chi connectivity index (χ4n) is 2.49. The van der Waals surface area contributed by atoms with Gasteiger partial charge in [-0.15, -0.1) is 6.58 Å². The second-order valence-electron chi connectivity index (χ2n) is 4.94. The van der Waals surface area contributed by atoms with Crippen LogP contribution in [0, 0.1) is 11.8 Å². The van der Waals surface area contributed by atoms with Crippen LogP contribution in [0.2, 0.25) is 0 Å². The zero-order valence-electron chi connectivity index (χ0n) is 10.7. The van der Waals surface area contributed by atoms with Gasteiger partial charge in [0.25, 0.3) is 0 Å². The van der Waals surface area contributed by atoms with Crippen molar-refractivity contribution in [3.05, 3.63) is 48.6 Å². The monoisotopic (exact) mass is 244 g/mol. The molecule has 2 heteroatoms. The van der Waals surface area contributed by atoms with E-state index in [2.05, 4.69) is 18.7 Å². The SMILES string of the molecule is C=C[C@@H](COCc1ccccc1)[C@H]1CCC(=O)C1. The maximum Gasteiger partial charge on any atom is 0.133 e. The summed E-state index contributed by atoms with van der Waals surface area (Å²) in [7, 11) is 0. The molecule has 0 radical (unpaired) electrons. The van der Waals surface area contributed by atoms with Crippen LogP contribution in [-0.2, 0) is 16.1 Å². The van der Waals surface area contributed by atoms with Crippen LogP contribution in [0.5, 0.6) is 0 Å². The van der Waals surface area contributed by atoms with Crippen LogP contribution in [0.1, 0.15) is 24.8 Å². The molecule has 0 heterocycles. The molecule has 1 aliphatic rings. The molecule has 0 saturated heterocycles. The molecule has 96 valence electrons. The molecule has 0 aliphatic heterocycles. The predicted octanol–water partition coefficient (Wildman–Crippen LogP) is 3.37. The lowest BCUT2D eigenvalue weighted by molar-refractivity contribution is -0.117. The quantitative estimate of drug-likeness (QED) is 0.717. The van der Waals surface area contributed by atoms with Crippen LogP contribution in [0.4, 0.5) is 0 Å². The Labute approximate surface area is 109 Å². The molecular formula is C16H20O2. The van der Waals surface area contributed by atoms with Gasteiger partial charge in [0.05, 0.1) is 13.2 Å². The summed E-state index contributed by atoms with van der Waals surface area (Å²) >= 11 is 0. The summed E-state index contributed by atoms with van der Waals surface area (Å²) in [6, 6.07) is 10.1. The molecule has 1 aliphatic carbocycles. The number of ketones is 1. The third-order valence-corrected chi connectivity index (χ3v) is 3.61. The number of Topliss-reactive ketones (excluding diaryl/α,β-unsaturated/α-hetero) is 1. The first-order chi connectivity index (χ1) is 8.79. The highest BCUT2D eigenvalue weighted by atomic mass is 16.5. The van der Waals surface area contributed by atoms with E-state index in [0.717, 1.165) is 12.8 Å². The topological polar surface area (TPSA) is 26.3 Å². The normalized spacial score (nSPS) is 20.9. The molecule has 0 spiro atoms. The van der Waals surface area contributed by atoms with E-state index in [9.17, 15) is 4.79 Å². The number of hydrogen-bond acceptors (Lipinski definition) is 2. The van der Waals surface area contributed by atoms with E-state index in [4.69, 9.17) is 4.74 Å². The second-order valence-corrected chi connectivity index (χ2v) is 4.94. The van der Waals surface area contributed by atoms with Gasteiger partial charge in [-0.1, -0.05) is 36.4 Å². The fourth-order valence-corrected chi connectivity index (χ4v) is 2.49. The van der Waals surface area contributed by atoms with Crippen LogP contribution in [-0.4, -0.2) is 12.4 Å². The average molecular weight is 244 g/mol. The van der Waals surface area contributed by atoms with Crippen molar-refractivity contribution >= 4 is 5.78 Å². The third kappa shape index (κ3) is 3.54. The fraction of sp³-hybridized carbons (Fsp3) is 0.438. The summed E-state index contributed by atoms with van der Waals surface area (Å²) in [5, 5.41) is 0. The maximum atomic E-state index is 11.3. The zero-order chi connectivity index (χ0) is 12.8. The highest BCUT2D eigenvalue weighted by Gasteiger charge is 2.27. The Kier molecular flexibility index (Phi) is 4.71. The largest absolute Gasteiger partial charge is 0.376 e. The first kappa shape index (κ1) is 13.0. The van der Waals surface area contributed by atoms with Crippen molar-refractivity contribution in [3.8, 4) is 0 Å². The lowest BCUT2D eigenvalue weighted by Gasteiger charge is -2.19. The van der Waals surface area contributed by atoms with Gasteiger partial charge in [-0.3, -0.25) is 4.79 Å². The number of carbonyl (C=O) groups excluding carboxylic acids is 1. The standard InChI is InChI=1S/C16H20O2/c1-2-14(15-8-9-16(17)10-15)12-18-11-13-6-4-3-5-7-13/h2-7,14-15H,1,8-12H2/t14-,15-/m0/s1. The molecule has 0 bridgehead atoms. The molecule has 0 unspecified atom stereocenters. The predicted molar refractivity (Wildman–Crippen MR) is 72.1 cm³/mol. The van der Waals surface area contributed by atoms with Gasteiger partial charge in [0.1, 0.15) is 5.78 Å². The molecule has 18 heavy (non-hydrogen) atoms. The highest BCUT2D eigenvalue weighted by molar-refractivity contribution is 5.80. The van der Waals surface area contributed by atoms with Gasteiger partial charge in [0.15, 0.2) is 0 Å². The van der Waals surface area contributed by atoms with Crippen molar-refractivity contribution in [2.45, 2.75) is 25.9 Å². The van der Waals surface area contributed by atoms with E-state index in [0.29, 0.717) is 37.3 Å². The van der Waals surface area contributed by atoms with E-state index >= 15 is 0 Å². The van der Waals surface area contributed by atoms with Gasteiger partial charge in [-0.05, 0) is 17.9 Å². The summed E-state index contributed by atoms with van der Waals surface area (Å²) in [4.78, 5) is 11.3. The third-order valence-electron chi connectivity index (χ3n) is 3.61. The molecule has 0 N–H and O–H groups in total. The van der Waals surface area contributed by atoms with Crippen LogP contribution >= 0.6 is 0 Å². The molecule has 1 aromatic carbocycles. The molecule has 2 nitrogen and oxygen atoms in total. The van der Waals surface area contributed by atoms with Crippen molar-refractivity contribution in [3.63, 3.8) is 0 Å². The minimum absolute atomic E-state index is 0.306. The van der Waals surface area contributed by atoms with Crippen molar-refractivity contribution in [1.82, 2.24) is 0 Å². The first-order valence-electron chi connectivity index (χ1n) is 6.55. The Morgan fingerprint density at radius 3 is 2.78 bits per heavy atom. The first-order valence-corrected chi connectivity index (χ1v) is 6.55. The lowest BCUT2D eigenvalue weighted by Crippen LogP contribution is -2.16. The maximum absolute atomic E-state index is 11.3. The van der Waals surface area contributed by atoms with Crippen LogP contribution in [0.15, 0.2) is 43.0 Å². The molecular weight excluding hydrogens is 224 g/mol. The average Bonchev–Trinajstić information content (AvgIpc) is 2.82. The minimum Gasteiger partial charge on any atom is -0.376 e. The van der Waals surface area contributed by atoms with Gasteiger partial charge in [-0.25, -0.2) is 0 Å². The Hall–Kier alpha value is -1.41. The van der Waals surface area contributed by atoms with Gasteiger partial charge >= 0.3 is 0 Å². The summed E-state index contributed by atoms with van der Waals surface area (Å²) in [5.41, 5.74) is 1.18. The molecule has 2 atom stereocenters. The lowest BCUT2D eigenvalue weighted by atomic mass is 9.92. The number of carbonyl (C=O) groups is 1. The molecule has 1 aromatic rings. The number of ether oxygens (including phenoxy) is 1. The van der Waals surface area contributed by atoms with E-state index in [1.165, 1.54) is 5.56 Å². The van der Waals surface area contributed by atoms with Crippen LogP contribution in [0.3, 0.4) is 0 Å². The van der Waals surface area contributed by atoms with Gasteiger partial charge in [0, 0.05) is 18.8 Å². The van der Waals surface area contributed by atoms with Crippen molar-refractivity contribution in [2.24, 2.45) is 11.8 Å². The Bertz CT molecular complexity index is 397. The van der Waals surface area contributed by atoms with E-state index in [1.54, 1.807) is 0 Å². The van der Waals surface area contributed by atoms with E-state index in [-0.39, 0.29) is 0 Å². The van der Waals surface area contributed by atoms with Gasteiger partial charge < -0.3 is 4.74 Å². The Balaban J connectivity index is 1.77. The summed E-state index contributed by atoms with van der Waals surface area (Å²) in [5.74, 6) is 1.13. The van der Waals surface area contributed by atoms with E-state index < -0.39 is 0 Å². The highest BCUT2D eigenvalue weighted by Crippen LogP contribution is 2.30. The van der Waals surface area contributed by atoms with Crippen LogP contribution in [0.25, 0.3) is 0 Å². The Morgan fingerprint density at radius 1 is 1.39 bits per heavy atom. The molecule has 0 aromatic heterocycles. The van der Waals surface area contributed by atoms with Crippen LogP contribution < -0.4 is 0 Å². The van der Waals surface area contributed by atoms with Crippen molar-refractivity contribution in [1.29, 1.82) is 0 Å².